The van der Waals surface area contributed by atoms with Crippen molar-refractivity contribution in [1.29, 1.82) is 0 Å². The van der Waals surface area contributed by atoms with E-state index in [9.17, 15) is 0 Å². The Kier molecular flexibility index (Phi) is 2.94. The second kappa shape index (κ2) is 4.10. The summed E-state index contributed by atoms with van der Waals surface area (Å²) in [5.74, 6) is 0. The van der Waals surface area contributed by atoms with E-state index in [2.05, 4.69) is 43.9 Å². The quantitative estimate of drug-likeness (QED) is 0.826. The molecule has 0 radical (unpaired) electrons. The van der Waals surface area contributed by atoms with Crippen molar-refractivity contribution in [3.05, 3.63) is 29.3 Å². The first-order valence-corrected chi connectivity index (χ1v) is 6.16. The molecule has 16 heavy (non-hydrogen) atoms. The molecule has 2 nitrogen and oxygen atoms in total. The van der Waals surface area contributed by atoms with Gasteiger partial charge in [-0.25, -0.2) is 0 Å². The summed E-state index contributed by atoms with van der Waals surface area (Å²) in [4.78, 5) is 2.45. The average Bonchev–Trinajstić information content (AvgIpc) is 2.58. The highest BCUT2D eigenvalue weighted by Gasteiger charge is 2.31. The van der Waals surface area contributed by atoms with E-state index in [0.29, 0.717) is 0 Å². The third kappa shape index (κ3) is 2.07. The Morgan fingerprint density at radius 2 is 2.19 bits per heavy atom. The van der Waals surface area contributed by atoms with Crippen LogP contribution in [-0.2, 0) is 6.42 Å². The van der Waals surface area contributed by atoms with Gasteiger partial charge in [-0.1, -0.05) is 25.1 Å². The van der Waals surface area contributed by atoms with Crippen molar-refractivity contribution < 1.29 is 0 Å². The van der Waals surface area contributed by atoms with Gasteiger partial charge in [-0.2, -0.15) is 0 Å². The van der Waals surface area contributed by atoms with Gasteiger partial charge in [-0.05, 0) is 37.8 Å². The predicted octanol–water partition coefficient (Wildman–Crippen LogP) is 2.48. The summed E-state index contributed by atoms with van der Waals surface area (Å²) in [6, 6.07) is 6.57. The van der Waals surface area contributed by atoms with E-state index < -0.39 is 0 Å². The molecule has 0 bridgehead atoms. The Balaban J connectivity index is 2.34. The second-order valence-corrected chi connectivity index (χ2v) is 5.26. The van der Waals surface area contributed by atoms with E-state index in [1.54, 1.807) is 0 Å². The van der Waals surface area contributed by atoms with Gasteiger partial charge in [0.1, 0.15) is 0 Å². The number of aryl methyl sites for hydroxylation is 2. The zero-order valence-electron chi connectivity index (χ0n) is 10.6. The lowest BCUT2D eigenvalue weighted by molar-refractivity contribution is 0.525. The Labute approximate surface area is 98.4 Å². The highest BCUT2D eigenvalue weighted by Crippen LogP contribution is 2.31. The first-order valence-electron chi connectivity index (χ1n) is 6.16. The van der Waals surface area contributed by atoms with Gasteiger partial charge in [-0.15, -0.1) is 0 Å². The number of hydrogen-bond acceptors (Lipinski definition) is 2. The van der Waals surface area contributed by atoms with Gasteiger partial charge in [0.15, 0.2) is 0 Å². The van der Waals surface area contributed by atoms with Crippen molar-refractivity contribution in [2.75, 3.05) is 18.0 Å². The molecule has 0 aromatic heterocycles. The van der Waals surface area contributed by atoms with Gasteiger partial charge in [0.05, 0.1) is 0 Å². The van der Waals surface area contributed by atoms with Crippen LogP contribution in [-0.4, -0.2) is 18.6 Å². The number of benzene rings is 1. The van der Waals surface area contributed by atoms with Crippen LogP contribution >= 0.6 is 0 Å². The average molecular weight is 218 g/mol. The maximum atomic E-state index is 6.21. The number of nitrogens with zero attached hydrogens (tertiary/aromatic N) is 1. The van der Waals surface area contributed by atoms with Crippen LogP contribution < -0.4 is 10.6 Å². The zero-order valence-corrected chi connectivity index (χ0v) is 10.6. The van der Waals surface area contributed by atoms with Gasteiger partial charge in [0.2, 0.25) is 0 Å². The molecule has 1 aliphatic heterocycles. The van der Waals surface area contributed by atoms with Crippen LogP contribution in [0.15, 0.2) is 18.2 Å². The summed E-state index contributed by atoms with van der Waals surface area (Å²) in [7, 11) is 0. The fourth-order valence-corrected chi connectivity index (χ4v) is 2.63. The number of rotatable bonds is 2. The molecule has 0 spiro atoms. The first-order chi connectivity index (χ1) is 7.53. The van der Waals surface area contributed by atoms with E-state index in [4.69, 9.17) is 5.73 Å². The highest BCUT2D eigenvalue weighted by atomic mass is 15.2. The standard InChI is InChI=1S/C14H22N2/c1-4-12-7-5-6-11(2)13(12)16-9-8-14(3,15)10-16/h5-7H,4,8-10,15H2,1-3H3. The summed E-state index contributed by atoms with van der Waals surface area (Å²) in [6.07, 6.45) is 2.18. The molecule has 1 aromatic rings. The molecule has 1 atom stereocenters. The molecule has 2 N–H and O–H groups in total. The predicted molar refractivity (Wildman–Crippen MR) is 70.0 cm³/mol. The van der Waals surface area contributed by atoms with Crippen molar-refractivity contribution in [3.63, 3.8) is 0 Å². The number of anilines is 1. The number of nitrogens with two attached hydrogens (primary N) is 1. The minimum absolute atomic E-state index is 0.0205. The smallest absolute Gasteiger partial charge is 0.0429 e. The van der Waals surface area contributed by atoms with Gasteiger partial charge in [0.25, 0.3) is 0 Å². The molecule has 1 heterocycles. The lowest BCUT2D eigenvalue weighted by atomic mass is 10.0. The maximum Gasteiger partial charge on any atom is 0.0429 e. The van der Waals surface area contributed by atoms with E-state index in [1.165, 1.54) is 16.8 Å². The van der Waals surface area contributed by atoms with Crippen LogP contribution in [0.5, 0.6) is 0 Å². The van der Waals surface area contributed by atoms with Crippen molar-refractivity contribution in [2.24, 2.45) is 5.73 Å². The molecule has 1 aromatic carbocycles. The van der Waals surface area contributed by atoms with Crippen LogP contribution in [0, 0.1) is 6.92 Å². The molecule has 1 saturated heterocycles. The fourth-order valence-electron chi connectivity index (χ4n) is 2.63. The topological polar surface area (TPSA) is 29.3 Å². The third-order valence-corrected chi connectivity index (χ3v) is 3.52. The molecule has 1 unspecified atom stereocenters. The molecule has 0 aliphatic carbocycles. The summed E-state index contributed by atoms with van der Waals surface area (Å²) in [6.45, 7) is 8.63. The molecule has 0 saturated carbocycles. The van der Waals surface area contributed by atoms with Crippen LogP contribution in [0.2, 0.25) is 0 Å². The molecular weight excluding hydrogens is 196 g/mol. The van der Waals surface area contributed by atoms with E-state index in [-0.39, 0.29) is 5.54 Å². The lowest BCUT2D eigenvalue weighted by Crippen LogP contribution is -2.39. The van der Waals surface area contributed by atoms with E-state index in [0.717, 1.165) is 25.9 Å². The van der Waals surface area contributed by atoms with Gasteiger partial charge in [0, 0.05) is 24.3 Å². The van der Waals surface area contributed by atoms with Crippen LogP contribution in [0.1, 0.15) is 31.4 Å². The summed E-state index contributed by atoms with van der Waals surface area (Å²) >= 11 is 0. The number of hydrogen-bond donors (Lipinski definition) is 1. The monoisotopic (exact) mass is 218 g/mol. The Morgan fingerprint density at radius 1 is 1.44 bits per heavy atom. The number of para-hydroxylation sites is 1. The summed E-state index contributed by atoms with van der Waals surface area (Å²) in [5, 5.41) is 0. The Morgan fingerprint density at radius 3 is 2.75 bits per heavy atom. The van der Waals surface area contributed by atoms with Gasteiger partial charge >= 0.3 is 0 Å². The highest BCUT2D eigenvalue weighted by molar-refractivity contribution is 5.60. The van der Waals surface area contributed by atoms with Crippen LogP contribution in [0.25, 0.3) is 0 Å². The zero-order chi connectivity index (χ0) is 11.8. The van der Waals surface area contributed by atoms with Gasteiger partial charge < -0.3 is 10.6 Å². The largest absolute Gasteiger partial charge is 0.369 e. The first kappa shape index (κ1) is 11.5. The van der Waals surface area contributed by atoms with Crippen molar-refractivity contribution in [3.8, 4) is 0 Å². The maximum absolute atomic E-state index is 6.21. The van der Waals surface area contributed by atoms with Crippen molar-refractivity contribution in [2.45, 2.75) is 39.2 Å². The molecule has 2 heteroatoms. The third-order valence-electron chi connectivity index (χ3n) is 3.52. The SMILES string of the molecule is CCc1cccc(C)c1N1CCC(C)(N)C1. The van der Waals surface area contributed by atoms with Gasteiger partial charge in [-0.3, -0.25) is 0 Å². The minimum atomic E-state index is -0.0205. The molecule has 0 amide bonds. The molecule has 2 rings (SSSR count). The van der Waals surface area contributed by atoms with E-state index in [1.807, 2.05) is 0 Å². The minimum Gasteiger partial charge on any atom is -0.369 e. The fraction of sp³-hybridized carbons (Fsp3) is 0.571. The Bertz CT molecular complexity index is 382. The second-order valence-electron chi connectivity index (χ2n) is 5.26. The normalized spacial score (nSPS) is 25.1. The van der Waals surface area contributed by atoms with Crippen molar-refractivity contribution in [1.82, 2.24) is 0 Å². The van der Waals surface area contributed by atoms with Crippen LogP contribution in [0.4, 0.5) is 5.69 Å². The molecule has 88 valence electrons. The molecule has 1 fully saturated rings. The summed E-state index contributed by atoms with van der Waals surface area (Å²) in [5.41, 5.74) is 10.4. The van der Waals surface area contributed by atoms with Crippen molar-refractivity contribution >= 4 is 5.69 Å². The molecule has 1 aliphatic rings. The summed E-state index contributed by atoms with van der Waals surface area (Å²) < 4.78 is 0. The Hall–Kier alpha value is -1.02. The molecular formula is C14H22N2. The van der Waals surface area contributed by atoms with E-state index >= 15 is 0 Å². The lowest BCUT2D eigenvalue weighted by Gasteiger charge is -2.25. The van der Waals surface area contributed by atoms with Crippen LogP contribution in [0.3, 0.4) is 0 Å².